The summed E-state index contributed by atoms with van der Waals surface area (Å²) in [5.74, 6) is 0.771. The standard InChI is InChI=1S/C16H25NO/c1-4-18-16(14-9-10-14)15(17-3)11-13-7-5-12(2)6-8-13/h5-8,14-17H,4,9-11H2,1-3H3. The first-order valence-electron chi connectivity index (χ1n) is 7.09. The lowest BCUT2D eigenvalue weighted by Crippen LogP contribution is -2.42. The number of nitrogens with one attached hydrogen (secondary N) is 1. The van der Waals surface area contributed by atoms with E-state index in [1.807, 2.05) is 7.05 Å². The lowest BCUT2D eigenvalue weighted by Gasteiger charge is -2.27. The van der Waals surface area contributed by atoms with Gasteiger partial charge in [0, 0.05) is 12.6 Å². The van der Waals surface area contributed by atoms with Crippen LogP contribution in [-0.2, 0) is 11.2 Å². The van der Waals surface area contributed by atoms with E-state index in [9.17, 15) is 0 Å². The molecule has 2 atom stereocenters. The van der Waals surface area contributed by atoms with Gasteiger partial charge in [0.1, 0.15) is 0 Å². The molecule has 1 saturated carbocycles. The summed E-state index contributed by atoms with van der Waals surface area (Å²) in [6.45, 7) is 5.04. The summed E-state index contributed by atoms with van der Waals surface area (Å²) in [5, 5.41) is 3.45. The van der Waals surface area contributed by atoms with E-state index in [-0.39, 0.29) is 0 Å². The van der Waals surface area contributed by atoms with Crippen LogP contribution in [-0.4, -0.2) is 25.8 Å². The fraction of sp³-hybridized carbons (Fsp3) is 0.625. The van der Waals surface area contributed by atoms with Crippen molar-refractivity contribution in [2.75, 3.05) is 13.7 Å². The molecule has 1 fully saturated rings. The molecule has 0 spiro atoms. The van der Waals surface area contributed by atoms with Crippen molar-refractivity contribution in [2.24, 2.45) is 5.92 Å². The maximum atomic E-state index is 5.95. The highest BCUT2D eigenvalue weighted by Gasteiger charge is 2.36. The lowest BCUT2D eigenvalue weighted by atomic mass is 9.97. The molecule has 1 aromatic rings. The van der Waals surface area contributed by atoms with E-state index in [2.05, 4.69) is 43.4 Å². The summed E-state index contributed by atoms with van der Waals surface area (Å²) in [5.41, 5.74) is 2.72. The Balaban J connectivity index is 2.00. The second-order valence-corrected chi connectivity index (χ2v) is 5.34. The molecule has 0 bridgehead atoms. The molecule has 0 aliphatic heterocycles. The number of benzene rings is 1. The minimum absolute atomic E-state index is 0.376. The third-order valence-electron chi connectivity index (χ3n) is 3.79. The number of ether oxygens (including phenoxy) is 1. The molecular weight excluding hydrogens is 222 g/mol. The molecule has 0 aromatic heterocycles. The van der Waals surface area contributed by atoms with Crippen LogP contribution in [0.4, 0.5) is 0 Å². The summed E-state index contributed by atoms with van der Waals surface area (Å²) in [4.78, 5) is 0. The fourth-order valence-electron chi connectivity index (χ4n) is 2.56. The van der Waals surface area contributed by atoms with Crippen LogP contribution in [0.2, 0.25) is 0 Å². The minimum atomic E-state index is 0.376. The van der Waals surface area contributed by atoms with Crippen LogP contribution in [0, 0.1) is 12.8 Å². The Hall–Kier alpha value is -0.860. The molecule has 0 saturated heterocycles. The maximum Gasteiger partial charge on any atom is 0.0759 e. The number of hydrogen-bond donors (Lipinski definition) is 1. The van der Waals surface area contributed by atoms with E-state index in [4.69, 9.17) is 4.74 Å². The van der Waals surface area contributed by atoms with Crippen molar-refractivity contribution in [3.63, 3.8) is 0 Å². The Bertz CT molecular complexity index is 356. The number of rotatable bonds is 7. The van der Waals surface area contributed by atoms with E-state index in [1.165, 1.54) is 24.0 Å². The van der Waals surface area contributed by atoms with Gasteiger partial charge in [-0.25, -0.2) is 0 Å². The van der Waals surface area contributed by atoms with Gasteiger partial charge in [0.2, 0.25) is 0 Å². The molecule has 2 unspecified atom stereocenters. The van der Waals surface area contributed by atoms with Gasteiger partial charge in [-0.3, -0.25) is 0 Å². The quantitative estimate of drug-likeness (QED) is 0.800. The topological polar surface area (TPSA) is 21.3 Å². The zero-order valence-electron chi connectivity index (χ0n) is 11.8. The number of hydrogen-bond acceptors (Lipinski definition) is 2. The zero-order chi connectivity index (χ0) is 13.0. The Kier molecular flexibility index (Phi) is 4.79. The van der Waals surface area contributed by atoms with Gasteiger partial charge in [-0.15, -0.1) is 0 Å². The van der Waals surface area contributed by atoms with Crippen molar-refractivity contribution >= 4 is 0 Å². The van der Waals surface area contributed by atoms with Crippen LogP contribution in [0.15, 0.2) is 24.3 Å². The Morgan fingerprint density at radius 2 is 1.94 bits per heavy atom. The second kappa shape index (κ2) is 6.35. The molecule has 1 aromatic carbocycles. The van der Waals surface area contributed by atoms with Gasteiger partial charge in [-0.2, -0.15) is 0 Å². The first-order chi connectivity index (χ1) is 8.74. The van der Waals surface area contributed by atoms with E-state index in [0.717, 1.165) is 18.9 Å². The number of aryl methyl sites for hydroxylation is 1. The zero-order valence-corrected chi connectivity index (χ0v) is 11.8. The van der Waals surface area contributed by atoms with Crippen molar-refractivity contribution in [1.29, 1.82) is 0 Å². The summed E-state index contributed by atoms with van der Waals surface area (Å²) in [6.07, 6.45) is 4.09. The molecule has 0 radical (unpaired) electrons. The molecule has 1 aliphatic carbocycles. The molecule has 18 heavy (non-hydrogen) atoms. The summed E-state index contributed by atoms with van der Waals surface area (Å²) in [7, 11) is 2.05. The molecule has 1 N–H and O–H groups in total. The number of likely N-dealkylation sites (N-methyl/N-ethyl adjacent to an activating group) is 1. The first-order valence-corrected chi connectivity index (χ1v) is 7.09. The SMILES string of the molecule is CCOC(C1CC1)C(Cc1ccc(C)cc1)NC. The van der Waals surface area contributed by atoms with Gasteiger partial charge in [-0.1, -0.05) is 29.8 Å². The van der Waals surface area contributed by atoms with Crippen molar-refractivity contribution in [1.82, 2.24) is 5.32 Å². The van der Waals surface area contributed by atoms with Crippen LogP contribution >= 0.6 is 0 Å². The molecule has 2 nitrogen and oxygen atoms in total. The van der Waals surface area contributed by atoms with Crippen LogP contribution in [0.3, 0.4) is 0 Å². The smallest absolute Gasteiger partial charge is 0.0759 e. The predicted octanol–water partition coefficient (Wildman–Crippen LogP) is 2.94. The highest BCUT2D eigenvalue weighted by atomic mass is 16.5. The van der Waals surface area contributed by atoms with E-state index in [1.54, 1.807) is 0 Å². The molecule has 100 valence electrons. The summed E-state index contributed by atoms with van der Waals surface area (Å²) in [6, 6.07) is 9.27. The molecular formula is C16H25NO. The van der Waals surface area contributed by atoms with Gasteiger partial charge in [0.05, 0.1) is 6.10 Å². The van der Waals surface area contributed by atoms with Crippen LogP contribution in [0.25, 0.3) is 0 Å². The van der Waals surface area contributed by atoms with Crippen LogP contribution in [0.5, 0.6) is 0 Å². The fourth-order valence-corrected chi connectivity index (χ4v) is 2.56. The largest absolute Gasteiger partial charge is 0.377 e. The highest BCUT2D eigenvalue weighted by molar-refractivity contribution is 5.22. The Labute approximate surface area is 111 Å². The Morgan fingerprint density at radius 3 is 2.44 bits per heavy atom. The molecule has 1 aliphatic rings. The van der Waals surface area contributed by atoms with Crippen molar-refractivity contribution in [3.8, 4) is 0 Å². The third kappa shape index (κ3) is 3.56. The van der Waals surface area contributed by atoms with Gasteiger partial charge in [-0.05, 0) is 51.6 Å². The lowest BCUT2D eigenvalue weighted by molar-refractivity contribution is 0.0211. The van der Waals surface area contributed by atoms with Crippen LogP contribution in [0.1, 0.15) is 30.9 Å². The normalized spacial score (nSPS) is 18.6. The average molecular weight is 247 g/mol. The van der Waals surface area contributed by atoms with Gasteiger partial charge in [0.15, 0.2) is 0 Å². The third-order valence-corrected chi connectivity index (χ3v) is 3.79. The molecule has 0 amide bonds. The minimum Gasteiger partial charge on any atom is -0.377 e. The monoisotopic (exact) mass is 247 g/mol. The summed E-state index contributed by atoms with van der Waals surface area (Å²) < 4.78 is 5.95. The van der Waals surface area contributed by atoms with Gasteiger partial charge < -0.3 is 10.1 Å². The van der Waals surface area contributed by atoms with Crippen molar-refractivity contribution in [3.05, 3.63) is 35.4 Å². The maximum absolute atomic E-state index is 5.95. The molecule has 0 heterocycles. The van der Waals surface area contributed by atoms with Crippen molar-refractivity contribution in [2.45, 2.75) is 45.3 Å². The average Bonchev–Trinajstić information content (AvgIpc) is 3.20. The first kappa shape index (κ1) is 13.6. The molecule has 2 rings (SSSR count). The van der Waals surface area contributed by atoms with E-state index in [0.29, 0.717) is 12.1 Å². The van der Waals surface area contributed by atoms with Crippen LogP contribution < -0.4 is 5.32 Å². The highest BCUT2D eigenvalue weighted by Crippen LogP contribution is 2.36. The Morgan fingerprint density at radius 1 is 1.28 bits per heavy atom. The van der Waals surface area contributed by atoms with E-state index >= 15 is 0 Å². The molecule has 2 heteroatoms. The predicted molar refractivity (Wildman–Crippen MR) is 75.9 cm³/mol. The van der Waals surface area contributed by atoms with E-state index < -0.39 is 0 Å². The summed E-state index contributed by atoms with van der Waals surface area (Å²) >= 11 is 0. The van der Waals surface area contributed by atoms with Gasteiger partial charge >= 0.3 is 0 Å². The second-order valence-electron chi connectivity index (χ2n) is 5.34. The van der Waals surface area contributed by atoms with Crippen molar-refractivity contribution < 1.29 is 4.74 Å². The van der Waals surface area contributed by atoms with Gasteiger partial charge in [0.25, 0.3) is 0 Å².